The zero-order valence-electron chi connectivity index (χ0n) is 7.01. The molecule has 0 N–H and O–H groups in total. The van der Waals surface area contributed by atoms with Gasteiger partial charge in [0, 0.05) is 5.02 Å². The van der Waals surface area contributed by atoms with E-state index in [9.17, 15) is 0 Å². The highest BCUT2D eigenvalue weighted by molar-refractivity contribution is 6.30. The normalized spacial score (nSPS) is 22.0. The van der Waals surface area contributed by atoms with Gasteiger partial charge in [-0.25, -0.2) is 0 Å². The highest BCUT2D eigenvalue weighted by atomic mass is 35.5. The van der Waals surface area contributed by atoms with Gasteiger partial charge in [-0.1, -0.05) is 17.7 Å². The molecule has 1 aromatic carbocycles. The molecule has 1 aromatic rings. The van der Waals surface area contributed by atoms with E-state index in [1.807, 2.05) is 12.1 Å². The molecule has 0 radical (unpaired) electrons. The molecule has 0 amide bonds. The van der Waals surface area contributed by atoms with Crippen molar-refractivity contribution in [1.29, 1.82) is 0 Å². The summed E-state index contributed by atoms with van der Waals surface area (Å²) in [6.45, 7) is 2.89. The van der Waals surface area contributed by atoms with Crippen LogP contribution in [0.3, 0.4) is 0 Å². The smallest absolute Gasteiger partial charge is 0.0800 e. The maximum Gasteiger partial charge on any atom is 0.0800 e. The summed E-state index contributed by atoms with van der Waals surface area (Å²) in [6, 6.07) is 6.04. The fraction of sp³-hybridized carbons (Fsp3) is 0.400. The molecule has 2 rings (SSSR count). The lowest BCUT2D eigenvalue weighted by atomic mass is 9.99. The Morgan fingerprint density at radius 3 is 3.17 bits per heavy atom. The van der Waals surface area contributed by atoms with Crippen LogP contribution in [0, 0.1) is 0 Å². The first-order valence-corrected chi connectivity index (χ1v) is 4.55. The van der Waals surface area contributed by atoms with Crippen molar-refractivity contribution in [3.8, 4) is 0 Å². The first-order chi connectivity index (χ1) is 5.77. The number of rotatable bonds is 0. The van der Waals surface area contributed by atoms with Crippen molar-refractivity contribution in [1.82, 2.24) is 0 Å². The summed E-state index contributed by atoms with van der Waals surface area (Å²) in [7, 11) is 0. The molecule has 0 aromatic heterocycles. The quantitative estimate of drug-likeness (QED) is 0.600. The van der Waals surface area contributed by atoms with Gasteiger partial charge in [0.2, 0.25) is 0 Å². The number of ether oxygens (including phenoxy) is 1. The Morgan fingerprint density at radius 2 is 2.33 bits per heavy atom. The van der Waals surface area contributed by atoms with Gasteiger partial charge in [0.25, 0.3) is 0 Å². The van der Waals surface area contributed by atoms with Crippen LogP contribution in [0.5, 0.6) is 0 Å². The molecule has 64 valence electrons. The van der Waals surface area contributed by atoms with Gasteiger partial charge in [-0.3, -0.25) is 0 Å². The van der Waals surface area contributed by atoms with E-state index in [2.05, 4.69) is 13.0 Å². The van der Waals surface area contributed by atoms with Gasteiger partial charge in [0.15, 0.2) is 0 Å². The molecule has 0 fully saturated rings. The maximum absolute atomic E-state index is 5.89. The summed E-state index contributed by atoms with van der Waals surface area (Å²) >= 11 is 5.89. The lowest BCUT2D eigenvalue weighted by molar-refractivity contribution is 0.0555. The zero-order chi connectivity index (χ0) is 8.55. The second-order valence-corrected chi connectivity index (χ2v) is 3.54. The second-order valence-electron chi connectivity index (χ2n) is 3.11. The van der Waals surface area contributed by atoms with Crippen LogP contribution in [0.4, 0.5) is 0 Å². The van der Waals surface area contributed by atoms with Gasteiger partial charge < -0.3 is 4.74 Å². The van der Waals surface area contributed by atoms with Crippen LogP contribution >= 0.6 is 11.6 Å². The van der Waals surface area contributed by atoms with Gasteiger partial charge in [-0.2, -0.15) is 0 Å². The van der Waals surface area contributed by atoms with E-state index < -0.39 is 0 Å². The lowest BCUT2D eigenvalue weighted by Gasteiger charge is -2.22. The van der Waals surface area contributed by atoms with Crippen molar-refractivity contribution < 1.29 is 4.74 Å². The van der Waals surface area contributed by atoms with Crippen LogP contribution in [-0.4, -0.2) is 6.61 Å². The van der Waals surface area contributed by atoms with Gasteiger partial charge in [-0.15, -0.1) is 0 Å². The van der Waals surface area contributed by atoms with Crippen LogP contribution < -0.4 is 0 Å². The van der Waals surface area contributed by atoms with Crippen molar-refractivity contribution in [3.63, 3.8) is 0 Å². The van der Waals surface area contributed by atoms with E-state index >= 15 is 0 Å². The molecular formula is C10H11ClO. The Balaban J connectivity index is 2.47. The molecule has 0 saturated carbocycles. The van der Waals surface area contributed by atoms with E-state index in [1.165, 1.54) is 11.1 Å². The Bertz CT molecular complexity index is 296. The molecule has 1 atom stereocenters. The Labute approximate surface area is 77.3 Å². The highest BCUT2D eigenvalue weighted by Gasteiger charge is 2.16. The molecule has 0 unspecified atom stereocenters. The van der Waals surface area contributed by atoms with E-state index in [-0.39, 0.29) is 6.10 Å². The molecule has 0 aliphatic carbocycles. The SMILES string of the molecule is C[C@@H]1OCCc2ccc(Cl)cc21. The minimum absolute atomic E-state index is 0.201. The summed E-state index contributed by atoms with van der Waals surface area (Å²) < 4.78 is 5.50. The minimum atomic E-state index is 0.201. The fourth-order valence-electron chi connectivity index (χ4n) is 1.61. The van der Waals surface area contributed by atoms with Crippen molar-refractivity contribution in [2.45, 2.75) is 19.4 Å². The first kappa shape index (κ1) is 8.09. The number of halogens is 1. The molecule has 0 saturated heterocycles. The topological polar surface area (TPSA) is 9.23 Å². The number of hydrogen-bond donors (Lipinski definition) is 0. The molecule has 1 heterocycles. The van der Waals surface area contributed by atoms with Crippen LogP contribution in [0.25, 0.3) is 0 Å². The highest BCUT2D eigenvalue weighted by Crippen LogP contribution is 2.28. The second kappa shape index (κ2) is 3.08. The zero-order valence-corrected chi connectivity index (χ0v) is 7.77. The van der Waals surface area contributed by atoms with Gasteiger partial charge in [0.05, 0.1) is 12.7 Å². The Morgan fingerprint density at radius 1 is 1.50 bits per heavy atom. The molecular weight excluding hydrogens is 172 g/mol. The average molecular weight is 183 g/mol. The van der Waals surface area contributed by atoms with E-state index in [0.717, 1.165) is 18.1 Å². The standard InChI is InChI=1S/C10H11ClO/c1-7-10-6-9(11)3-2-8(10)4-5-12-7/h2-3,6-7H,4-5H2,1H3/t7-/m0/s1. The average Bonchev–Trinajstić information content (AvgIpc) is 2.07. The Hall–Kier alpha value is -0.530. The summed E-state index contributed by atoms with van der Waals surface area (Å²) in [5.41, 5.74) is 2.62. The molecule has 0 spiro atoms. The molecule has 1 aliphatic rings. The van der Waals surface area contributed by atoms with E-state index in [0.29, 0.717) is 0 Å². The third kappa shape index (κ3) is 1.35. The summed E-state index contributed by atoms with van der Waals surface area (Å²) in [5.74, 6) is 0. The molecule has 1 nitrogen and oxygen atoms in total. The van der Waals surface area contributed by atoms with Crippen LogP contribution in [-0.2, 0) is 11.2 Å². The summed E-state index contributed by atoms with van der Waals surface area (Å²) in [6.07, 6.45) is 1.21. The molecule has 0 bridgehead atoms. The third-order valence-electron chi connectivity index (χ3n) is 2.29. The van der Waals surface area contributed by atoms with Crippen molar-refractivity contribution >= 4 is 11.6 Å². The number of fused-ring (bicyclic) bond motifs is 1. The van der Waals surface area contributed by atoms with Crippen molar-refractivity contribution in [2.24, 2.45) is 0 Å². The first-order valence-electron chi connectivity index (χ1n) is 4.17. The van der Waals surface area contributed by atoms with Gasteiger partial charge in [0.1, 0.15) is 0 Å². The van der Waals surface area contributed by atoms with Crippen molar-refractivity contribution in [2.75, 3.05) is 6.61 Å². The monoisotopic (exact) mass is 182 g/mol. The predicted molar refractivity (Wildman–Crippen MR) is 49.5 cm³/mol. The van der Waals surface area contributed by atoms with Crippen LogP contribution in [0.1, 0.15) is 24.2 Å². The molecule has 2 heteroatoms. The summed E-state index contributed by atoms with van der Waals surface area (Å²) in [5, 5.41) is 0.797. The van der Waals surface area contributed by atoms with Crippen molar-refractivity contribution in [3.05, 3.63) is 34.3 Å². The van der Waals surface area contributed by atoms with E-state index in [4.69, 9.17) is 16.3 Å². The minimum Gasteiger partial charge on any atom is -0.373 e. The van der Waals surface area contributed by atoms with Crippen LogP contribution in [0.2, 0.25) is 5.02 Å². The molecule has 12 heavy (non-hydrogen) atoms. The molecule has 1 aliphatic heterocycles. The Kier molecular flexibility index (Phi) is 2.07. The van der Waals surface area contributed by atoms with Gasteiger partial charge >= 0.3 is 0 Å². The van der Waals surface area contributed by atoms with Gasteiger partial charge in [-0.05, 0) is 36.6 Å². The van der Waals surface area contributed by atoms with Crippen LogP contribution in [0.15, 0.2) is 18.2 Å². The third-order valence-corrected chi connectivity index (χ3v) is 2.52. The maximum atomic E-state index is 5.89. The number of hydrogen-bond acceptors (Lipinski definition) is 1. The van der Waals surface area contributed by atoms with E-state index in [1.54, 1.807) is 0 Å². The lowest BCUT2D eigenvalue weighted by Crippen LogP contribution is -2.13. The predicted octanol–water partition coefficient (Wildman–Crippen LogP) is 2.97. The number of benzene rings is 1. The summed E-state index contributed by atoms with van der Waals surface area (Å²) in [4.78, 5) is 0. The largest absolute Gasteiger partial charge is 0.373 e. The fourth-order valence-corrected chi connectivity index (χ4v) is 1.79.